The first-order valence-electron chi connectivity index (χ1n) is 7.02. The van der Waals surface area contributed by atoms with E-state index in [0.29, 0.717) is 18.2 Å². The summed E-state index contributed by atoms with van der Waals surface area (Å²) < 4.78 is 99.3. The standard InChI is InChI=1S/C16H7F5O5S/c17-8-1-4-12(18)14(5-8)27(23,24)26-9-2-3-10-11(16(19,20)21)7-15(22)25-13(10)6-9/h1-7H. The molecule has 27 heavy (non-hydrogen) atoms. The van der Waals surface area contributed by atoms with E-state index in [1.807, 2.05) is 0 Å². The molecule has 0 saturated carbocycles. The number of rotatable bonds is 3. The van der Waals surface area contributed by atoms with Crippen LogP contribution in [0.2, 0.25) is 0 Å². The second-order valence-electron chi connectivity index (χ2n) is 5.25. The van der Waals surface area contributed by atoms with Gasteiger partial charge in [-0.2, -0.15) is 21.6 Å². The van der Waals surface area contributed by atoms with Crippen molar-refractivity contribution in [3.63, 3.8) is 0 Å². The van der Waals surface area contributed by atoms with Crippen LogP contribution in [0.1, 0.15) is 5.56 Å². The van der Waals surface area contributed by atoms with Gasteiger partial charge in [0, 0.05) is 17.5 Å². The Bertz CT molecular complexity index is 1200. The van der Waals surface area contributed by atoms with Crippen molar-refractivity contribution >= 4 is 21.1 Å². The van der Waals surface area contributed by atoms with Crippen LogP contribution in [0.25, 0.3) is 11.0 Å². The summed E-state index contributed by atoms with van der Waals surface area (Å²) in [7, 11) is -4.84. The maximum Gasteiger partial charge on any atom is 0.417 e. The fourth-order valence-electron chi connectivity index (χ4n) is 2.27. The van der Waals surface area contributed by atoms with Crippen molar-refractivity contribution in [1.29, 1.82) is 0 Å². The molecule has 1 aromatic heterocycles. The Labute approximate surface area is 147 Å². The lowest BCUT2D eigenvalue weighted by molar-refractivity contribution is -0.136. The van der Waals surface area contributed by atoms with E-state index >= 15 is 0 Å². The monoisotopic (exact) mass is 406 g/mol. The molecular weight excluding hydrogens is 399 g/mol. The minimum absolute atomic E-state index is 0.252. The molecule has 5 nitrogen and oxygen atoms in total. The zero-order valence-electron chi connectivity index (χ0n) is 12.9. The normalized spacial score (nSPS) is 12.3. The average Bonchev–Trinajstić information content (AvgIpc) is 2.54. The van der Waals surface area contributed by atoms with E-state index < -0.39 is 60.7 Å². The molecule has 11 heteroatoms. The van der Waals surface area contributed by atoms with Crippen molar-refractivity contribution in [3.05, 3.63) is 70.1 Å². The van der Waals surface area contributed by atoms with E-state index in [0.717, 1.165) is 18.2 Å². The topological polar surface area (TPSA) is 73.6 Å². The molecule has 0 saturated heterocycles. The van der Waals surface area contributed by atoms with Gasteiger partial charge in [-0.25, -0.2) is 13.6 Å². The van der Waals surface area contributed by atoms with Gasteiger partial charge in [0.05, 0.1) is 5.56 Å². The molecule has 0 atom stereocenters. The molecule has 0 bridgehead atoms. The van der Waals surface area contributed by atoms with E-state index in [1.54, 1.807) is 0 Å². The Hall–Kier alpha value is -2.95. The van der Waals surface area contributed by atoms with Crippen molar-refractivity contribution < 1.29 is 39.0 Å². The van der Waals surface area contributed by atoms with E-state index in [4.69, 9.17) is 0 Å². The van der Waals surface area contributed by atoms with Crippen LogP contribution in [-0.2, 0) is 16.3 Å². The van der Waals surface area contributed by atoms with Gasteiger partial charge in [0.25, 0.3) is 0 Å². The summed E-state index contributed by atoms with van der Waals surface area (Å²) in [4.78, 5) is 10.2. The van der Waals surface area contributed by atoms with Gasteiger partial charge in [0.15, 0.2) is 0 Å². The highest BCUT2D eigenvalue weighted by Gasteiger charge is 2.34. The third-order valence-electron chi connectivity index (χ3n) is 3.39. The molecule has 2 aromatic carbocycles. The van der Waals surface area contributed by atoms with E-state index in [-0.39, 0.29) is 6.07 Å². The minimum atomic E-state index is -4.85. The number of hydrogen-bond acceptors (Lipinski definition) is 5. The summed E-state index contributed by atoms with van der Waals surface area (Å²) in [5, 5.41) is -0.510. The summed E-state index contributed by atoms with van der Waals surface area (Å²) in [6.45, 7) is 0. The summed E-state index contributed by atoms with van der Waals surface area (Å²) in [5.41, 5.74) is -3.19. The SMILES string of the molecule is O=c1cc(C(F)(F)F)c2ccc(OS(=O)(=O)c3cc(F)ccc3F)cc2o1. The first-order chi connectivity index (χ1) is 12.5. The molecule has 142 valence electrons. The Balaban J connectivity index is 2.08. The maximum absolute atomic E-state index is 13.6. The molecule has 1 heterocycles. The zero-order valence-corrected chi connectivity index (χ0v) is 13.7. The van der Waals surface area contributed by atoms with Gasteiger partial charge >= 0.3 is 21.9 Å². The van der Waals surface area contributed by atoms with Crippen LogP contribution in [0.5, 0.6) is 5.75 Å². The van der Waals surface area contributed by atoms with Gasteiger partial charge in [-0.15, -0.1) is 0 Å². The van der Waals surface area contributed by atoms with Crippen LogP contribution >= 0.6 is 0 Å². The van der Waals surface area contributed by atoms with Crippen molar-refractivity contribution in [1.82, 2.24) is 0 Å². The molecule has 0 aliphatic rings. The van der Waals surface area contributed by atoms with Crippen LogP contribution in [0.4, 0.5) is 22.0 Å². The molecule has 0 spiro atoms. The smallest absolute Gasteiger partial charge is 0.417 e. The number of benzene rings is 2. The van der Waals surface area contributed by atoms with Gasteiger partial charge in [0.1, 0.15) is 27.9 Å². The van der Waals surface area contributed by atoms with Crippen LogP contribution in [0.15, 0.2) is 56.6 Å². The second kappa shape index (κ2) is 6.34. The van der Waals surface area contributed by atoms with Crippen molar-refractivity contribution in [2.45, 2.75) is 11.1 Å². The van der Waals surface area contributed by atoms with Gasteiger partial charge < -0.3 is 8.60 Å². The number of alkyl halides is 3. The Morgan fingerprint density at radius 2 is 1.67 bits per heavy atom. The molecule has 3 rings (SSSR count). The van der Waals surface area contributed by atoms with Crippen LogP contribution < -0.4 is 9.81 Å². The molecule has 0 N–H and O–H groups in total. The van der Waals surface area contributed by atoms with Crippen molar-refractivity contribution in [3.8, 4) is 5.75 Å². The molecule has 0 radical (unpaired) electrons. The first-order valence-corrected chi connectivity index (χ1v) is 8.43. The lowest BCUT2D eigenvalue weighted by Gasteiger charge is -2.11. The average molecular weight is 406 g/mol. The lowest BCUT2D eigenvalue weighted by atomic mass is 10.1. The third kappa shape index (κ3) is 3.77. The van der Waals surface area contributed by atoms with Crippen LogP contribution in [0.3, 0.4) is 0 Å². The highest BCUT2D eigenvalue weighted by molar-refractivity contribution is 7.87. The summed E-state index contributed by atoms with van der Waals surface area (Å²) >= 11 is 0. The number of halogens is 5. The van der Waals surface area contributed by atoms with Crippen LogP contribution in [-0.4, -0.2) is 8.42 Å². The highest BCUT2D eigenvalue weighted by Crippen LogP contribution is 2.35. The van der Waals surface area contributed by atoms with E-state index in [1.165, 1.54) is 0 Å². The molecule has 3 aromatic rings. The predicted molar refractivity (Wildman–Crippen MR) is 81.7 cm³/mol. The summed E-state index contributed by atoms with van der Waals surface area (Å²) in [5.74, 6) is -2.89. The van der Waals surface area contributed by atoms with Gasteiger partial charge in [-0.05, 0) is 30.3 Å². The predicted octanol–water partition coefficient (Wildman–Crippen LogP) is 3.86. The maximum atomic E-state index is 13.6. The minimum Gasteiger partial charge on any atom is -0.423 e. The fourth-order valence-corrected chi connectivity index (χ4v) is 3.28. The van der Waals surface area contributed by atoms with E-state index in [2.05, 4.69) is 8.60 Å². The van der Waals surface area contributed by atoms with E-state index in [9.17, 15) is 35.2 Å². The first kappa shape index (κ1) is 18.8. The molecule has 0 aliphatic heterocycles. The molecule has 0 unspecified atom stereocenters. The molecular formula is C16H7F5O5S. The van der Waals surface area contributed by atoms with Gasteiger partial charge in [0.2, 0.25) is 0 Å². The highest BCUT2D eigenvalue weighted by atomic mass is 32.2. The Morgan fingerprint density at radius 1 is 0.963 bits per heavy atom. The Kier molecular flexibility index (Phi) is 4.42. The van der Waals surface area contributed by atoms with Crippen molar-refractivity contribution in [2.24, 2.45) is 0 Å². The number of hydrogen-bond donors (Lipinski definition) is 0. The fraction of sp³-hybridized carbons (Fsp3) is 0.0625. The largest absolute Gasteiger partial charge is 0.423 e. The zero-order chi connectivity index (χ0) is 20.0. The molecule has 0 aliphatic carbocycles. The van der Waals surface area contributed by atoms with Gasteiger partial charge in [-0.1, -0.05) is 0 Å². The summed E-state index contributed by atoms with van der Waals surface area (Å²) in [6.07, 6.45) is -4.85. The Morgan fingerprint density at radius 3 is 2.33 bits per heavy atom. The lowest BCUT2D eigenvalue weighted by Crippen LogP contribution is -2.13. The van der Waals surface area contributed by atoms with Crippen LogP contribution in [0, 0.1) is 11.6 Å². The van der Waals surface area contributed by atoms with Crippen molar-refractivity contribution in [2.75, 3.05) is 0 Å². The van der Waals surface area contributed by atoms with Gasteiger partial charge in [-0.3, -0.25) is 0 Å². The number of fused-ring (bicyclic) bond motifs is 1. The third-order valence-corrected chi connectivity index (χ3v) is 4.65. The molecule has 0 fully saturated rings. The molecule has 0 amide bonds. The second-order valence-corrected chi connectivity index (χ2v) is 6.76. The summed E-state index contributed by atoms with van der Waals surface area (Å²) in [6, 6.07) is 4.30. The quantitative estimate of drug-likeness (QED) is 0.375.